The van der Waals surface area contributed by atoms with Crippen molar-refractivity contribution in [3.05, 3.63) is 35.9 Å². The van der Waals surface area contributed by atoms with E-state index in [2.05, 4.69) is 58.0 Å². The highest BCUT2D eigenvalue weighted by molar-refractivity contribution is 5.16. The fraction of sp³-hybridized carbons (Fsp3) is 0.824. The minimum Gasteiger partial charge on any atom is -0.390 e. The highest BCUT2D eigenvalue weighted by atomic mass is 16.7. The van der Waals surface area contributed by atoms with Crippen molar-refractivity contribution in [1.82, 2.24) is 0 Å². The van der Waals surface area contributed by atoms with Crippen molar-refractivity contribution in [3.63, 3.8) is 0 Å². The lowest BCUT2D eigenvalue weighted by Gasteiger charge is -2.62. The molecule has 4 nitrogen and oxygen atoms in total. The fourth-order valence-corrected chi connectivity index (χ4v) is 11.2. The summed E-state index contributed by atoms with van der Waals surface area (Å²) < 4.78 is 19.9. The van der Waals surface area contributed by atoms with E-state index in [-0.39, 0.29) is 23.4 Å². The molecule has 4 saturated carbocycles. The molecule has 1 aromatic rings. The molecule has 7 rings (SSSR count). The van der Waals surface area contributed by atoms with E-state index in [0.717, 1.165) is 43.6 Å². The summed E-state index contributed by atoms with van der Waals surface area (Å²) in [4.78, 5) is 0. The monoisotopic (exact) mass is 522 g/mol. The molecule has 13 atom stereocenters. The molecular weight excluding hydrogens is 472 g/mol. The Labute approximate surface area is 230 Å². The Balaban J connectivity index is 1.09. The molecule has 4 aliphatic carbocycles. The van der Waals surface area contributed by atoms with Crippen molar-refractivity contribution < 1.29 is 19.3 Å². The summed E-state index contributed by atoms with van der Waals surface area (Å²) in [5.41, 5.74) is 1.82. The second kappa shape index (κ2) is 9.29. The van der Waals surface area contributed by atoms with Gasteiger partial charge in [0, 0.05) is 12.3 Å². The zero-order chi connectivity index (χ0) is 26.3. The van der Waals surface area contributed by atoms with Crippen molar-refractivity contribution >= 4 is 0 Å². The van der Waals surface area contributed by atoms with Crippen LogP contribution in [0.2, 0.25) is 0 Å². The van der Waals surface area contributed by atoms with Gasteiger partial charge in [-0.3, -0.25) is 0 Å². The van der Waals surface area contributed by atoms with Crippen LogP contribution in [-0.4, -0.2) is 35.8 Å². The van der Waals surface area contributed by atoms with Gasteiger partial charge in [0.25, 0.3) is 0 Å². The number of benzene rings is 1. The lowest BCUT2D eigenvalue weighted by Crippen LogP contribution is -2.57. The molecule has 1 spiro atoms. The average molecular weight is 523 g/mol. The minimum atomic E-state index is -0.336. The van der Waals surface area contributed by atoms with E-state index >= 15 is 0 Å². The summed E-state index contributed by atoms with van der Waals surface area (Å²) in [6.07, 6.45) is 10.7. The third kappa shape index (κ3) is 3.83. The number of rotatable bonds is 3. The van der Waals surface area contributed by atoms with Gasteiger partial charge in [0.2, 0.25) is 0 Å². The molecule has 6 aliphatic rings. The smallest absolute Gasteiger partial charge is 0.171 e. The Bertz CT molecular complexity index is 1000. The van der Waals surface area contributed by atoms with E-state index in [1.807, 2.05) is 0 Å². The molecule has 1 N–H and O–H groups in total. The van der Waals surface area contributed by atoms with Crippen LogP contribution in [-0.2, 0) is 20.8 Å². The molecule has 210 valence electrons. The Morgan fingerprint density at radius 3 is 2.53 bits per heavy atom. The fourth-order valence-electron chi connectivity index (χ4n) is 11.2. The van der Waals surface area contributed by atoms with Gasteiger partial charge in [-0.15, -0.1) is 0 Å². The molecule has 0 aromatic heterocycles. The maximum absolute atomic E-state index is 11.1. The zero-order valence-electron chi connectivity index (χ0n) is 24.1. The molecule has 2 heterocycles. The maximum atomic E-state index is 11.1. The first kappa shape index (κ1) is 26.0. The molecule has 38 heavy (non-hydrogen) atoms. The summed E-state index contributed by atoms with van der Waals surface area (Å²) in [6, 6.07) is 10.4. The number of fused-ring (bicyclic) bond motifs is 7. The summed E-state index contributed by atoms with van der Waals surface area (Å²) in [5.74, 6) is 4.35. The van der Waals surface area contributed by atoms with Gasteiger partial charge in [-0.1, -0.05) is 58.0 Å². The minimum absolute atomic E-state index is 0.0551. The Hall–Kier alpha value is -0.940. The van der Waals surface area contributed by atoms with E-state index in [1.165, 1.54) is 44.1 Å². The molecule has 6 unspecified atom stereocenters. The average Bonchev–Trinajstić information content (AvgIpc) is 3.35. The maximum Gasteiger partial charge on any atom is 0.171 e. The van der Waals surface area contributed by atoms with Crippen LogP contribution in [0, 0.1) is 52.3 Å². The number of ether oxygens (including phenoxy) is 3. The van der Waals surface area contributed by atoms with Crippen LogP contribution in [0.15, 0.2) is 30.3 Å². The van der Waals surface area contributed by atoms with Crippen LogP contribution >= 0.6 is 0 Å². The summed E-state index contributed by atoms with van der Waals surface area (Å²) in [6.45, 7) is 11.4. The summed E-state index contributed by atoms with van der Waals surface area (Å²) in [7, 11) is 0. The first-order valence-electron chi connectivity index (χ1n) is 15.9. The van der Waals surface area contributed by atoms with Gasteiger partial charge in [0.15, 0.2) is 5.79 Å². The third-order valence-corrected chi connectivity index (χ3v) is 13.2. The largest absolute Gasteiger partial charge is 0.390 e. The quantitative estimate of drug-likeness (QED) is 0.465. The van der Waals surface area contributed by atoms with Crippen LogP contribution in [0.5, 0.6) is 0 Å². The number of hydrogen-bond acceptors (Lipinski definition) is 4. The van der Waals surface area contributed by atoms with Crippen LogP contribution < -0.4 is 0 Å². The zero-order valence-corrected chi connectivity index (χ0v) is 24.1. The summed E-state index contributed by atoms with van der Waals surface area (Å²) in [5, 5.41) is 11.1. The molecule has 0 amide bonds. The number of hydrogen-bond donors (Lipinski definition) is 1. The van der Waals surface area contributed by atoms with Gasteiger partial charge in [-0.05, 0) is 103 Å². The molecular formula is C34H50O4. The van der Waals surface area contributed by atoms with E-state index in [0.29, 0.717) is 41.8 Å². The van der Waals surface area contributed by atoms with Gasteiger partial charge < -0.3 is 19.3 Å². The van der Waals surface area contributed by atoms with E-state index in [9.17, 15) is 5.11 Å². The highest BCUT2D eigenvalue weighted by Crippen LogP contribution is 2.71. The highest BCUT2D eigenvalue weighted by Gasteiger charge is 2.69. The van der Waals surface area contributed by atoms with Crippen molar-refractivity contribution in [3.8, 4) is 0 Å². The Morgan fingerprint density at radius 2 is 1.76 bits per heavy atom. The van der Waals surface area contributed by atoms with E-state index in [4.69, 9.17) is 14.2 Å². The summed E-state index contributed by atoms with van der Waals surface area (Å²) >= 11 is 0. The van der Waals surface area contributed by atoms with Crippen LogP contribution in [0.3, 0.4) is 0 Å². The topological polar surface area (TPSA) is 47.9 Å². The lowest BCUT2D eigenvalue weighted by atomic mass is 9.44. The number of aliphatic hydroxyl groups excluding tert-OH is 1. The molecule has 1 aromatic carbocycles. The predicted molar refractivity (Wildman–Crippen MR) is 148 cm³/mol. The van der Waals surface area contributed by atoms with Gasteiger partial charge in [0.05, 0.1) is 31.5 Å². The molecule has 0 radical (unpaired) electrons. The number of aliphatic hydroxyl groups is 1. The van der Waals surface area contributed by atoms with Crippen LogP contribution in [0.1, 0.15) is 91.0 Å². The van der Waals surface area contributed by atoms with Gasteiger partial charge in [-0.25, -0.2) is 0 Å². The Morgan fingerprint density at radius 1 is 0.947 bits per heavy atom. The molecule has 2 aliphatic heterocycles. The predicted octanol–water partition coefficient (Wildman–Crippen LogP) is 6.99. The van der Waals surface area contributed by atoms with Crippen molar-refractivity contribution in [1.29, 1.82) is 0 Å². The lowest BCUT2D eigenvalue weighted by molar-refractivity contribution is -0.273. The normalized spacial score (nSPS) is 53.7. The second-order valence-electron chi connectivity index (χ2n) is 15.0. The molecule has 4 heteroatoms. The van der Waals surface area contributed by atoms with Gasteiger partial charge in [0.1, 0.15) is 0 Å². The van der Waals surface area contributed by atoms with Crippen molar-refractivity contribution in [2.75, 3.05) is 6.61 Å². The SMILES string of the molecule is CC1CC[C@@]2(OC1)OC1CC3C4CC[C@H]5C[C@H](O)[C@H](OCc6ccccc6)C[C@]5(C)C4CC[C@]3(C)C1[C@@H]2C. The first-order chi connectivity index (χ1) is 18.2. The molecule has 6 fully saturated rings. The Kier molecular flexibility index (Phi) is 6.36. The molecule has 2 saturated heterocycles. The van der Waals surface area contributed by atoms with E-state index < -0.39 is 0 Å². The van der Waals surface area contributed by atoms with Crippen molar-refractivity contribution in [2.24, 2.45) is 52.3 Å². The molecule has 0 bridgehead atoms. The standard InChI is InChI=1S/C34H50O4/c1-21-12-15-34(37-19-21)22(2)31-29(38-34)17-27-25-11-10-24-16-28(35)30(36-20-23-8-6-5-7-9-23)18-33(24,4)26(25)13-14-32(27,31)3/h5-9,21-22,24-31,35H,10-20H2,1-4H3/t21?,22-,24-,25?,26?,27?,28-,29?,30+,31?,32-,33-,34+/m0/s1. The van der Waals surface area contributed by atoms with Crippen LogP contribution in [0.4, 0.5) is 0 Å². The van der Waals surface area contributed by atoms with Gasteiger partial charge in [-0.2, -0.15) is 0 Å². The third-order valence-electron chi connectivity index (χ3n) is 13.2. The van der Waals surface area contributed by atoms with Crippen LogP contribution in [0.25, 0.3) is 0 Å². The van der Waals surface area contributed by atoms with Gasteiger partial charge >= 0.3 is 0 Å². The van der Waals surface area contributed by atoms with E-state index in [1.54, 1.807) is 0 Å². The second-order valence-corrected chi connectivity index (χ2v) is 15.0. The van der Waals surface area contributed by atoms with Crippen molar-refractivity contribution in [2.45, 2.75) is 116 Å². The first-order valence-corrected chi connectivity index (χ1v) is 15.9.